The predicted molar refractivity (Wildman–Crippen MR) is 142 cm³/mol. The van der Waals surface area contributed by atoms with Crippen LogP contribution in [0.5, 0.6) is 40.2 Å². The molecular formula is C26H32N4O12. The van der Waals surface area contributed by atoms with Crippen LogP contribution in [0.1, 0.15) is 39.9 Å². The maximum atomic E-state index is 13.3. The molecule has 10 N–H and O–H groups in total. The standard InChI is InChI=1S/C26H32N4O12/c1-27-25(40)26(41,3-2-6-31)30-11-13-15(24(30)39)21(36)23(38)22(37)16(13)28-9-12-17(32)19(34)14(20(35)18(12)33)10-29-4-7-42-8-5-29/h6,28,32-38,41H,2-5,7-11H2,1H3,(H,27,40). The number of carbonyl (C=O) groups excluding carboxylic acids is 3. The molecule has 2 aliphatic heterocycles. The van der Waals surface area contributed by atoms with Gasteiger partial charge in [0.15, 0.2) is 34.5 Å². The molecule has 0 saturated carbocycles. The minimum atomic E-state index is -2.55. The van der Waals surface area contributed by atoms with Gasteiger partial charge < -0.3 is 61.0 Å². The molecule has 1 atom stereocenters. The van der Waals surface area contributed by atoms with Crippen molar-refractivity contribution in [3.8, 4) is 40.2 Å². The Kier molecular flexibility index (Phi) is 8.42. The summed E-state index contributed by atoms with van der Waals surface area (Å²) in [6.45, 7) is 0.620. The van der Waals surface area contributed by atoms with Crippen molar-refractivity contribution >= 4 is 23.8 Å². The lowest BCUT2D eigenvalue weighted by molar-refractivity contribution is -0.159. The molecule has 0 radical (unpaired) electrons. The van der Waals surface area contributed by atoms with Crippen LogP contribution in [0.2, 0.25) is 0 Å². The Morgan fingerprint density at radius 2 is 1.52 bits per heavy atom. The molecule has 4 rings (SSSR count). The fourth-order valence-electron chi connectivity index (χ4n) is 5.11. The Hall–Kier alpha value is -4.67. The van der Waals surface area contributed by atoms with Crippen LogP contribution in [0.25, 0.3) is 0 Å². The molecule has 0 aliphatic carbocycles. The van der Waals surface area contributed by atoms with Crippen molar-refractivity contribution in [2.75, 3.05) is 38.7 Å². The third kappa shape index (κ3) is 4.99. The first-order valence-electron chi connectivity index (χ1n) is 12.9. The second-order valence-electron chi connectivity index (χ2n) is 9.86. The Labute approximate surface area is 238 Å². The van der Waals surface area contributed by atoms with E-state index in [9.17, 15) is 55.2 Å². The van der Waals surface area contributed by atoms with Gasteiger partial charge in [-0.1, -0.05) is 0 Å². The van der Waals surface area contributed by atoms with Crippen molar-refractivity contribution in [2.45, 2.75) is 38.2 Å². The minimum Gasteiger partial charge on any atom is -0.504 e. The van der Waals surface area contributed by atoms with Gasteiger partial charge in [0.05, 0.1) is 42.1 Å². The van der Waals surface area contributed by atoms with Crippen molar-refractivity contribution < 1.29 is 60.0 Å². The molecule has 2 aliphatic rings. The number of carbonyl (C=O) groups is 3. The van der Waals surface area contributed by atoms with Crippen molar-refractivity contribution in [1.29, 1.82) is 0 Å². The lowest BCUT2D eigenvalue weighted by Gasteiger charge is -2.34. The first-order chi connectivity index (χ1) is 19.9. The summed E-state index contributed by atoms with van der Waals surface area (Å²) >= 11 is 0. The average Bonchev–Trinajstić information content (AvgIpc) is 3.34. The molecule has 2 amide bonds. The van der Waals surface area contributed by atoms with Gasteiger partial charge in [0.1, 0.15) is 6.29 Å². The first-order valence-corrected chi connectivity index (χ1v) is 12.9. The number of nitrogens with one attached hydrogen (secondary N) is 2. The zero-order chi connectivity index (χ0) is 30.9. The van der Waals surface area contributed by atoms with Gasteiger partial charge in [-0.2, -0.15) is 0 Å². The molecule has 2 aromatic carbocycles. The normalized spacial score (nSPS) is 16.6. The summed E-state index contributed by atoms with van der Waals surface area (Å²) in [5, 5.41) is 90.1. The number of nitrogens with zero attached hydrogens (tertiary/aromatic N) is 2. The fourth-order valence-corrected chi connectivity index (χ4v) is 5.11. The highest BCUT2D eigenvalue weighted by molar-refractivity contribution is 6.07. The number of fused-ring (bicyclic) bond motifs is 1. The minimum absolute atomic E-state index is 0.00766. The van der Waals surface area contributed by atoms with E-state index in [4.69, 9.17) is 4.74 Å². The Bertz CT molecular complexity index is 1400. The summed E-state index contributed by atoms with van der Waals surface area (Å²) < 4.78 is 5.26. The number of aldehydes is 1. The molecule has 1 fully saturated rings. The van der Waals surface area contributed by atoms with Crippen LogP contribution in [-0.2, 0) is 34.0 Å². The van der Waals surface area contributed by atoms with Crippen molar-refractivity contribution in [3.05, 3.63) is 22.3 Å². The Balaban J connectivity index is 1.70. The quantitative estimate of drug-likeness (QED) is 0.0943. The monoisotopic (exact) mass is 592 g/mol. The van der Waals surface area contributed by atoms with Crippen LogP contribution < -0.4 is 10.6 Å². The van der Waals surface area contributed by atoms with Crippen LogP contribution in [0, 0.1) is 0 Å². The van der Waals surface area contributed by atoms with Crippen LogP contribution in [-0.4, -0.2) is 108 Å². The molecule has 2 heterocycles. The topological polar surface area (TPSA) is 253 Å². The van der Waals surface area contributed by atoms with Gasteiger partial charge in [-0.15, -0.1) is 0 Å². The molecule has 0 aromatic heterocycles. The number of hydrogen-bond donors (Lipinski definition) is 10. The second kappa shape index (κ2) is 11.7. The average molecular weight is 593 g/mol. The summed E-state index contributed by atoms with van der Waals surface area (Å²) in [4.78, 5) is 39.3. The number of amides is 2. The smallest absolute Gasteiger partial charge is 0.273 e. The molecule has 1 saturated heterocycles. The van der Waals surface area contributed by atoms with Crippen molar-refractivity contribution in [3.63, 3.8) is 0 Å². The predicted octanol–water partition coefficient (Wildman–Crippen LogP) is -0.560. The number of morpholine rings is 1. The zero-order valence-electron chi connectivity index (χ0n) is 22.5. The van der Waals surface area contributed by atoms with E-state index in [0.717, 1.165) is 0 Å². The zero-order valence-corrected chi connectivity index (χ0v) is 22.5. The Morgan fingerprint density at radius 1 is 0.929 bits per heavy atom. The molecule has 42 heavy (non-hydrogen) atoms. The molecular weight excluding hydrogens is 560 g/mol. The molecule has 0 bridgehead atoms. The summed E-state index contributed by atoms with van der Waals surface area (Å²) in [7, 11) is 1.19. The van der Waals surface area contributed by atoms with E-state index in [-0.39, 0.29) is 29.8 Å². The van der Waals surface area contributed by atoms with Gasteiger partial charge in [0.2, 0.25) is 11.5 Å². The van der Waals surface area contributed by atoms with Gasteiger partial charge in [-0.05, 0) is 0 Å². The van der Waals surface area contributed by atoms with Crippen molar-refractivity contribution in [1.82, 2.24) is 15.1 Å². The van der Waals surface area contributed by atoms with Crippen LogP contribution in [0.4, 0.5) is 5.69 Å². The third-order valence-electron chi connectivity index (χ3n) is 7.47. The van der Waals surface area contributed by atoms with Gasteiger partial charge in [-0.25, -0.2) is 0 Å². The molecule has 16 heteroatoms. The molecule has 1 unspecified atom stereocenters. The highest BCUT2D eigenvalue weighted by atomic mass is 16.5. The maximum Gasteiger partial charge on any atom is 0.273 e. The summed E-state index contributed by atoms with van der Waals surface area (Å²) in [6.07, 6.45) is -0.390. The molecule has 228 valence electrons. The van der Waals surface area contributed by atoms with E-state index in [1.807, 2.05) is 4.90 Å². The molecule has 0 spiro atoms. The number of benzene rings is 2. The number of aliphatic hydroxyl groups is 1. The van der Waals surface area contributed by atoms with E-state index in [0.29, 0.717) is 37.5 Å². The number of anilines is 1. The number of aromatic hydroxyl groups is 7. The number of likely N-dealkylation sites (N-methyl/N-ethyl adjacent to an activating group) is 1. The van der Waals surface area contributed by atoms with Gasteiger partial charge in [0, 0.05) is 51.6 Å². The lowest BCUT2D eigenvalue weighted by atomic mass is 10.0. The number of rotatable bonds is 10. The van der Waals surface area contributed by atoms with Crippen molar-refractivity contribution in [2.24, 2.45) is 0 Å². The number of ether oxygens (including phenoxy) is 1. The number of phenolic OH excluding ortho intramolecular Hbond substituents is 7. The largest absolute Gasteiger partial charge is 0.504 e. The van der Waals surface area contributed by atoms with Crippen LogP contribution >= 0.6 is 0 Å². The fraction of sp³-hybridized carbons (Fsp3) is 0.423. The lowest BCUT2D eigenvalue weighted by Crippen LogP contribution is -2.58. The number of hydrogen-bond acceptors (Lipinski definition) is 14. The summed E-state index contributed by atoms with van der Waals surface area (Å²) in [5.74, 6) is -8.24. The van der Waals surface area contributed by atoms with E-state index in [1.54, 1.807) is 0 Å². The van der Waals surface area contributed by atoms with E-state index < -0.39 is 88.4 Å². The van der Waals surface area contributed by atoms with Gasteiger partial charge in [0.25, 0.3) is 11.8 Å². The van der Waals surface area contributed by atoms with E-state index in [2.05, 4.69) is 10.6 Å². The third-order valence-corrected chi connectivity index (χ3v) is 7.47. The summed E-state index contributed by atoms with van der Waals surface area (Å²) in [5.41, 5.74) is -4.23. The maximum absolute atomic E-state index is 13.3. The Morgan fingerprint density at radius 3 is 2.10 bits per heavy atom. The van der Waals surface area contributed by atoms with Gasteiger partial charge in [-0.3, -0.25) is 19.4 Å². The molecule has 16 nitrogen and oxygen atoms in total. The van der Waals surface area contributed by atoms with E-state index >= 15 is 0 Å². The highest BCUT2D eigenvalue weighted by Gasteiger charge is 2.50. The first kappa shape index (κ1) is 30.3. The summed E-state index contributed by atoms with van der Waals surface area (Å²) in [6, 6.07) is 0. The van der Waals surface area contributed by atoms with E-state index in [1.165, 1.54) is 7.05 Å². The highest BCUT2D eigenvalue weighted by Crippen LogP contribution is 2.52. The van der Waals surface area contributed by atoms with Crippen LogP contribution in [0.15, 0.2) is 0 Å². The molecule has 2 aromatic rings. The SMILES string of the molecule is CNC(=O)C(O)(CCC=O)N1Cc2c(NCc3c(O)c(O)c(CN4CCOCC4)c(O)c3O)c(O)c(O)c(O)c2C1=O. The van der Waals surface area contributed by atoms with Crippen LogP contribution in [0.3, 0.4) is 0 Å². The number of phenols is 7. The van der Waals surface area contributed by atoms with Gasteiger partial charge >= 0.3 is 0 Å². The second-order valence-corrected chi connectivity index (χ2v) is 9.86.